The summed E-state index contributed by atoms with van der Waals surface area (Å²) in [6.07, 6.45) is 4.64. The third-order valence-electron chi connectivity index (χ3n) is 5.67. The van der Waals surface area contributed by atoms with Crippen LogP contribution in [0.15, 0.2) is 0 Å². The Labute approximate surface area is 120 Å². The zero-order chi connectivity index (χ0) is 14.8. The van der Waals surface area contributed by atoms with Gasteiger partial charge in [-0.2, -0.15) is 0 Å². The first-order valence-corrected chi connectivity index (χ1v) is 7.23. The van der Waals surface area contributed by atoms with Crippen molar-refractivity contribution in [2.75, 3.05) is 14.2 Å². The number of esters is 2. The SMILES string of the molecule is [CH2]C12CC3(C)CC(C(=O)OC)(C1)CC(C(=O)OC)(C2)C3. The fourth-order valence-corrected chi connectivity index (χ4v) is 6.24. The van der Waals surface area contributed by atoms with E-state index in [1.807, 2.05) is 0 Å². The minimum atomic E-state index is -0.547. The predicted molar refractivity (Wildman–Crippen MR) is 72.5 cm³/mol. The summed E-state index contributed by atoms with van der Waals surface area (Å²) in [7, 11) is 2.87. The molecule has 4 saturated carbocycles. The second-order valence-corrected chi connectivity index (χ2v) is 7.92. The predicted octanol–water partition coefficient (Wildman–Crippen LogP) is 2.51. The summed E-state index contributed by atoms with van der Waals surface area (Å²) >= 11 is 0. The summed E-state index contributed by atoms with van der Waals surface area (Å²) in [5.74, 6) is -0.353. The molecule has 2 unspecified atom stereocenters. The van der Waals surface area contributed by atoms with E-state index in [1.165, 1.54) is 14.2 Å². The zero-order valence-electron chi connectivity index (χ0n) is 12.6. The molecule has 0 aromatic rings. The zero-order valence-corrected chi connectivity index (χ0v) is 12.6. The Kier molecular flexibility index (Phi) is 2.62. The van der Waals surface area contributed by atoms with Crippen LogP contribution in [-0.4, -0.2) is 26.2 Å². The summed E-state index contributed by atoms with van der Waals surface area (Å²) in [6.45, 7) is 6.56. The van der Waals surface area contributed by atoms with Gasteiger partial charge in [0.2, 0.25) is 0 Å². The summed E-state index contributed by atoms with van der Waals surface area (Å²) in [5.41, 5.74) is -1.31. The molecule has 2 atom stereocenters. The minimum Gasteiger partial charge on any atom is -0.469 e. The van der Waals surface area contributed by atoms with Crippen LogP contribution in [0.3, 0.4) is 0 Å². The molecule has 111 valence electrons. The largest absolute Gasteiger partial charge is 0.469 e. The van der Waals surface area contributed by atoms with Crippen molar-refractivity contribution < 1.29 is 19.1 Å². The Bertz CT molecular complexity index is 425. The molecule has 4 heteroatoms. The van der Waals surface area contributed by atoms with Crippen molar-refractivity contribution >= 4 is 11.9 Å². The first kappa shape index (κ1) is 13.9. The lowest BCUT2D eigenvalue weighted by molar-refractivity contribution is -0.214. The average molecular weight is 279 g/mol. The molecule has 4 rings (SSSR count). The van der Waals surface area contributed by atoms with Gasteiger partial charge in [0, 0.05) is 0 Å². The van der Waals surface area contributed by atoms with Crippen LogP contribution >= 0.6 is 0 Å². The Morgan fingerprint density at radius 1 is 0.850 bits per heavy atom. The highest BCUT2D eigenvalue weighted by molar-refractivity contribution is 5.83. The molecule has 0 aromatic heterocycles. The summed E-state index contributed by atoms with van der Waals surface area (Å²) in [5, 5.41) is 0. The van der Waals surface area contributed by atoms with E-state index in [0.717, 1.165) is 32.1 Å². The first-order valence-electron chi connectivity index (χ1n) is 7.23. The fourth-order valence-electron chi connectivity index (χ4n) is 6.24. The number of ether oxygens (including phenoxy) is 2. The Morgan fingerprint density at radius 3 is 1.65 bits per heavy atom. The van der Waals surface area contributed by atoms with Crippen molar-refractivity contribution in [2.24, 2.45) is 21.7 Å². The van der Waals surface area contributed by atoms with Gasteiger partial charge in [-0.05, 0) is 56.3 Å². The molecule has 0 heterocycles. The molecular formula is C16H23O4. The number of methoxy groups -OCH3 is 2. The summed E-state index contributed by atoms with van der Waals surface area (Å²) < 4.78 is 10.1. The van der Waals surface area contributed by atoms with E-state index in [0.29, 0.717) is 6.42 Å². The van der Waals surface area contributed by atoms with Gasteiger partial charge in [-0.1, -0.05) is 6.92 Å². The standard InChI is InChI=1S/C16H23O4/c1-13-5-14(2)8-15(6-13,11(17)19-3)10-16(7-13,9-14)12(18)20-4/h1,5-10H2,2-4H3. The van der Waals surface area contributed by atoms with Crippen molar-refractivity contribution in [1.82, 2.24) is 0 Å². The quantitative estimate of drug-likeness (QED) is 0.729. The number of hydrogen-bond donors (Lipinski definition) is 0. The van der Waals surface area contributed by atoms with E-state index >= 15 is 0 Å². The maximum atomic E-state index is 12.4. The highest BCUT2D eigenvalue weighted by Gasteiger charge is 2.70. The van der Waals surface area contributed by atoms with Crippen LogP contribution in [0.1, 0.15) is 45.4 Å². The molecule has 4 aliphatic rings. The van der Waals surface area contributed by atoms with Crippen molar-refractivity contribution in [3.05, 3.63) is 6.92 Å². The summed E-state index contributed by atoms with van der Waals surface area (Å²) in [4.78, 5) is 24.8. The van der Waals surface area contributed by atoms with E-state index in [4.69, 9.17) is 9.47 Å². The molecule has 0 amide bonds. The van der Waals surface area contributed by atoms with Crippen LogP contribution in [0.4, 0.5) is 0 Å². The van der Waals surface area contributed by atoms with Gasteiger partial charge in [-0.25, -0.2) is 0 Å². The van der Waals surface area contributed by atoms with Crippen LogP contribution in [0.5, 0.6) is 0 Å². The lowest BCUT2D eigenvalue weighted by Gasteiger charge is -2.67. The number of carbonyl (C=O) groups excluding carboxylic acids is 2. The van der Waals surface area contributed by atoms with Crippen LogP contribution in [-0.2, 0) is 19.1 Å². The summed E-state index contributed by atoms with van der Waals surface area (Å²) in [6, 6.07) is 0. The van der Waals surface area contributed by atoms with Gasteiger partial charge in [0.1, 0.15) is 0 Å². The number of rotatable bonds is 2. The van der Waals surface area contributed by atoms with Crippen LogP contribution in [0.2, 0.25) is 0 Å². The second-order valence-electron chi connectivity index (χ2n) is 7.92. The molecule has 0 aromatic carbocycles. The van der Waals surface area contributed by atoms with Gasteiger partial charge in [0.05, 0.1) is 25.0 Å². The third-order valence-corrected chi connectivity index (χ3v) is 5.67. The van der Waals surface area contributed by atoms with Gasteiger partial charge >= 0.3 is 11.9 Å². The average Bonchev–Trinajstić information content (AvgIpc) is 2.32. The van der Waals surface area contributed by atoms with E-state index in [2.05, 4.69) is 13.8 Å². The van der Waals surface area contributed by atoms with Gasteiger partial charge < -0.3 is 9.47 Å². The van der Waals surface area contributed by atoms with Crippen LogP contribution in [0, 0.1) is 28.6 Å². The van der Waals surface area contributed by atoms with Gasteiger partial charge in [0.15, 0.2) is 0 Å². The van der Waals surface area contributed by atoms with E-state index in [1.54, 1.807) is 0 Å². The van der Waals surface area contributed by atoms with Crippen LogP contribution in [0.25, 0.3) is 0 Å². The van der Waals surface area contributed by atoms with Gasteiger partial charge in [0.25, 0.3) is 0 Å². The first-order chi connectivity index (χ1) is 9.21. The molecule has 4 aliphatic carbocycles. The molecule has 0 aliphatic heterocycles. The maximum absolute atomic E-state index is 12.4. The molecule has 0 saturated heterocycles. The second kappa shape index (κ2) is 3.77. The van der Waals surface area contributed by atoms with Crippen molar-refractivity contribution in [3.63, 3.8) is 0 Å². The van der Waals surface area contributed by atoms with Crippen molar-refractivity contribution in [1.29, 1.82) is 0 Å². The Morgan fingerprint density at radius 2 is 1.30 bits per heavy atom. The normalized spacial score (nSPS) is 49.0. The topological polar surface area (TPSA) is 52.6 Å². The molecule has 1 radical (unpaired) electrons. The maximum Gasteiger partial charge on any atom is 0.311 e. The molecule has 0 spiro atoms. The smallest absolute Gasteiger partial charge is 0.311 e. The van der Waals surface area contributed by atoms with Crippen molar-refractivity contribution in [3.8, 4) is 0 Å². The van der Waals surface area contributed by atoms with Gasteiger partial charge in [-0.15, -0.1) is 0 Å². The number of carbonyl (C=O) groups is 2. The van der Waals surface area contributed by atoms with Crippen molar-refractivity contribution in [2.45, 2.75) is 45.4 Å². The lowest BCUT2D eigenvalue weighted by atomic mass is 9.36. The van der Waals surface area contributed by atoms with E-state index in [-0.39, 0.29) is 22.8 Å². The highest BCUT2D eigenvalue weighted by atomic mass is 16.5. The van der Waals surface area contributed by atoms with E-state index in [9.17, 15) is 9.59 Å². The third kappa shape index (κ3) is 1.66. The molecule has 4 fully saturated rings. The molecular weight excluding hydrogens is 256 g/mol. The molecule has 20 heavy (non-hydrogen) atoms. The fraction of sp³-hybridized carbons (Fsp3) is 0.812. The lowest BCUT2D eigenvalue weighted by Crippen LogP contribution is -2.64. The van der Waals surface area contributed by atoms with Gasteiger partial charge in [-0.3, -0.25) is 9.59 Å². The molecule has 4 nitrogen and oxygen atoms in total. The highest BCUT2D eigenvalue weighted by Crippen LogP contribution is 2.73. The Balaban J connectivity index is 2.10. The van der Waals surface area contributed by atoms with E-state index < -0.39 is 10.8 Å². The monoisotopic (exact) mass is 279 g/mol. The Hall–Kier alpha value is -1.06. The molecule has 4 bridgehead atoms. The number of hydrogen-bond acceptors (Lipinski definition) is 4. The molecule has 0 N–H and O–H groups in total. The van der Waals surface area contributed by atoms with Crippen LogP contribution < -0.4 is 0 Å². The minimum absolute atomic E-state index is 0.0150.